The van der Waals surface area contributed by atoms with Crippen LogP contribution in [0.3, 0.4) is 0 Å². The van der Waals surface area contributed by atoms with Gasteiger partial charge in [0.05, 0.1) is 23.1 Å². The molecular formula is C62H41N5. The first kappa shape index (κ1) is 38.5. The van der Waals surface area contributed by atoms with E-state index in [1.165, 1.54) is 54.6 Å². The third kappa shape index (κ3) is 6.67. The van der Waals surface area contributed by atoms with E-state index in [0.717, 1.165) is 50.0 Å². The molecule has 0 saturated heterocycles. The molecule has 0 aliphatic carbocycles. The standard InChI is InChI=1S/C62H41N5/c1-4-17-41(18-5-1)43-31-34-46(35-32-43)62-64-57(63-61(65-62)45-22-8-3-9-23-45)40-66-55-29-14-13-28-52(55)58-53(44-20-6-2-7-21-44)39-54-51-27-12-15-30-56(51)67(59(54)60(58)66)50-26-16-25-48(38-50)49-36-33-42-19-10-11-24-47(42)37-49/h1-39H,40H2. The van der Waals surface area contributed by atoms with Gasteiger partial charge in [0.25, 0.3) is 0 Å². The summed E-state index contributed by atoms with van der Waals surface area (Å²) in [6, 6.07) is 84.4. The molecule has 0 spiro atoms. The van der Waals surface area contributed by atoms with E-state index in [4.69, 9.17) is 15.0 Å². The van der Waals surface area contributed by atoms with Gasteiger partial charge in [0, 0.05) is 43.9 Å². The summed E-state index contributed by atoms with van der Waals surface area (Å²) in [5, 5.41) is 7.20. The normalized spacial score (nSPS) is 11.6. The minimum Gasteiger partial charge on any atom is -0.331 e. The van der Waals surface area contributed by atoms with Gasteiger partial charge < -0.3 is 9.13 Å². The van der Waals surface area contributed by atoms with Crippen molar-refractivity contribution in [1.82, 2.24) is 24.1 Å². The molecule has 5 nitrogen and oxygen atoms in total. The quantitative estimate of drug-likeness (QED) is 0.153. The van der Waals surface area contributed by atoms with Gasteiger partial charge >= 0.3 is 0 Å². The van der Waals surface area contributed by atoms with Gasteiger partial charge in [-0.2, -0.15) is 0 Å². The van der Waals surface area contributed by atoms with Crippen LogP contribution in [-0.2, 0) is 6.54 Å². The molecule has 0 unspecified atom stereocenters. The Hall–Kier alpha value is -8.93. The lowest BCUT2D eigenvalue weighted by atomic mass is 9.96. The van der Waals surface area contributed by atoms with Crippen LogP contribution in [0.25, 0.3) is 116 Å². The third-order valence-electron chi connectivity index (χ3n) is 13.2. The van der Waals surface area contributed by atoms with Crippen LogP contribution in [0.5, 0.6) is 0 Å². The molecule has 3 heterocycles. The highest BCUT2D eigenvalue weighted by atomic mass is 15.1. The van der Waals surface area contributed by atoms with Crippen LogP contribution >= 0.6 is 0 Å². The van der Waals surface area contributed by atoms with Gasteiger partial charge in [-0.1, -0.05) is 200 Å². The van der Waals surface area contributed by atoms with Gasteiger partial charge in [-0.15, -0.1) is 0 Å². The molecule has 0 fully saturated rings. The number of aromatic nitrogens is 5. The van der Waals surface area contributed by atoms with Crippen LogP contribution in [0.4, 0.5) is 0 Å². The molecule has 0 radical (unpaired) electrons. The second-order valence-corrected chi connectivity index (χ2v) is 17.2. The maximum Gasteiger partial charge on any atom is 0.163 e. The molecule has 67 heavy (non-hydrogen) atoms. The van der Waals surface area contributed by atoms with E-state index < -0.39 is 0 Å². The van der Waals surface area contributed by atoms with Crippen LogP contribution < -0.4 is 0 Å². The molecule has 0 N–H and O–H groups in total. The Morgan fingerprint density at radius 2 is 0.866 bits per heavy atom. The van der Waals surface area contributed by atoms with Crippen molar-refractivity contribution in [3.8, 4) is 61.8 Å². The Morgan fingerprint density at radius 3 is 1.61 bits per heavy atom. The number of hydrogen-bond donors (Lipinski definition) is 0. The lowest BCUT2D eigenvalue weighted by molar-refractivity contribution is 0.786. The molecule has 0 atom stereocenters. The predicted molar refractivity (Wildman–Crippen MR) is 277 cm³/mol. The molecular weight excluding hydrogens is 815 g/mol. The average molecular weight is 856 g/mol. The highest BCUT2D eigenvalue weighted by Crippen LogP contribution is 2.46. The summed E-state index contributed by atoms with van der Waals surface area (Å²) in [4.78, 5) is 15.7. The molecule has 13 aromatic rings. The lowest BCUT2D eigenvalue weighted by Crippen LogP contribution is -2.09. The average Bonchev–Trinajstić information content (AvgIpc) is 3.91. The van der Waals surface area contributed by atoms with Crippen molar-refractivity contribution in [3.05, 3.63) is 242 Å². The van der Waals surface area contributed by atoms with Gasteiger partial charge in [-0.05, 0) is 80.6 Å². The minimum absolute atomic E-state index is 0.410. The second kappa shape index (κ2) is 15.9. The van der Waals surface area contributed by atoms with E-state index in [0.29, 0.717) is 24.0 Å². The SMILES string of the molecule is c1ccc(-c2ccc(-c3nc(Cn4c5ccccc5c5c(-c6ccccc6)cc6c7ccccc7n(-c7cccc(-c8ccc9ccccc9c8)c7)c6c54)nc(-c4ccccc4)n3)cc2)cc1. The fraction of sp³-hybridized carbons (Fsp3) is 0.0161. The van der Waals surface area contributed by atoms with E-state index in [1.807, 2.05) is 24.3 Å². The Morgan fingerprint density at radius 1 is 0.328 bits per heavy atom. The van der Waals surface area contributed by atoms with Crippen molar-refractivity contribution in [2.24, 2.45) is 0 Å². The van der Waals surface area contributed by atoms with Gasteiger partial charge in [0.1, 0.15) is 0 Å². The number of benzene rings is 10. The Balaban J connectivity index is 1.08. The molecule has 0 aliphatic rings. The summed E-state index contributed by atoms with van der Waals surface area (Å²) in [6.45, 7) is 0.410. The summed E-state index contributed by atoms with van der Waals surface area (Å²) in [6.07, 6.45) is 0. The van der Waals surface area contributed by atoms with Gasteiger partial charge in [-0.25, -0.2) is 15.0 Å². The van der Waals surface area contributed by atoms with E-state index in [9.17, 15) is 0 Å². The third-order valence-corrected chi connectivity index (χ3v) is 13.2. The Kier molecular flexibility index (Phi) is 9.17. The molecule has 13 rings (SSSR count). The zero-order valence-electron chi connectivity index (χ0n) is 36.5. The number of fused-ring (bicyclic) bond motifs is 8. The first-order valence-corrected chi connectivity index (χ1v) is 22.8. The number of nitrogens with zero attached hydrogens (tertiary/aromatic N) is 5. The molecule has 0 bridgehead atoms. The number of rotatable bonds is 8. The van der Waals surface area contributed by atoms with E-state index in [-0.39, 0.29) is 0 Å². The molecule has 3 aromatic heterocycles. The van der Waals surface area contributed by atoms with Crippen molar-refractivity contribution in [1.29, 1.82) is 0 Å². The molecule has 10 aromatic carbocycles. The van der Waals surface area contributed by atoms with Gasteiger partial charge in [0.2, 0.25) is 0 Å². The molecule has 0 amide bonds. The molecule has 0 saturated carbocycles. The fourth-order valence-electron chi connectivity index (χ4n) is 10.1. The van der Waals surface area contributed by atoms with Crippen molar-refractivity contribution in [3.63, 3.8) is 0 Å². The van der Waals surface area contributed by atoms with Crippen molar-refractivity contribution >= 4 is 54.4 Å². The summed E-state index contributed by atoms with van der Waals surface area (Å²) in [5.41, 5.74) is 14.5. The van der Waals surface area contributed by atoms with Crippen molar-refractivity contribution in [2.75, 3.05) is 0 Å². The lowest BCUT2D eigenvalue weighted by Gasteiger charge is -2.15. The monoisotopic (exact) mass is 855 g/mol. The van der Waals surface area contributed by atoms with Crippen LogP contribution in [0, 0.1) is 0 Å². The minimum atomic E-state index is 0.410. The summed E-state index contributed by atoms with van der Waals surface area (Å²) in [5.74, 6) is 1.96. The van der Waals surface area contributed by atoms with Crippen LogP contribution in [0.15, 0.2) is 237 Å². The molecule has 0 aliphatic heterocycles. The largest absolute Gasteiger partial charge is 0.331 e. The predicted octanol–water partition coefficient (Wildman–Crippen LogP) is 15.6. The smallest absolute Gasteiger partial charge is 0.163 e. The highest BCUT2D eigenvalue weighted by Gasteiger charge is 2.25. The van der Waals surface area contributed by atoms with Gasteiger partial charge in [0.15, 0.2) is 17.5 Å². The summed E-state index contributed by atoms with van der Waals surface area (Å²) >= 11 is 0. The number of hydrogen-bond acceptors (Lipinski definition) is 3. The maximum absolute atomic E-state index is 5.32. The summed E-state index contributed by atoms with van der Waals surface area (Å²) < 4.78 is 4.93. The van der Waals surface area contributed by atoms with Crippen LogP contribution in [-0.4, -0.2) is 24.1 Å². The zero-order valence-corrected chi connectivity index (χ0v) is 36.5. The Labute approximate surface area is 387 Å². The van der Waals surface area contributed by atoms with E-state index >= 15 is 0 Å². The molecule has 5 heteroatoms. The number of para-hydroxylation sites is 2. The highest BCUT2D eigenvalue weighted by molar-refractivity contribution is 6.27. The van der Waals surface area contributed by atoms with Crippen molar-refractivity contribution < 1.29 is 0 Å². The van der Waals surface area contributed by atoms with Crippen LogP contribution in [0.2, 0.25) is 0 Å². The first-order chi connectivity index (χ1) is 33.2. The zero-order chi connectivity index (χ0) is 44.3. The summed E-state index contributed by atoms with van der Waals surface area (Å²) in [7, 11) is 0. The second-order valence-electron chi connectivity index (χ2n) is 17.2. The van der Waals surface area contributed by atoms with Crippen molar-refractivity contribution in [2.45, 2.75) is 6.54 Å². The van der Waals surface area contributed by atoms with E-state index in [1.54, 1.807) is 0 Å². The van der Waals surface area contributed by atoms with Gasteiger partial charge in [-0.3, -0.25) is 0 Å². The first-order valence-electron chi connectivity index (χ1n) is 22.8. The fourth-order valence-corrected chi connectivity index (χ4v) is 10.1. The molecule has 314 valence electrons. The van der Waals surface area contributed by atoms with E-state index in [2.05, 4.69) is 221 Å². The maximum atomic E-state index is 5.32. The van der Waals surface area contributed by atoms with Crippen LogP contribution in [0.1, 0.15) is 5.82 Å². The Bertz CT molecular complexity index is 3980. The topological polar surface area (TPSA) is 48.5 Å².